The molecule has 1 N–H and O–H groups in total. The molecule has 2 saturated heterocycles. The first-order chi connectivity index (χ1) is 10.7. The summed E-state index contributed by atoms with van der Waals surface area (Å²) in [6, 6.07) is -0.0646. The van der Waals surface area contributed by atoms with E-state index >= 15 is 0 Å². The number of amides is 2. The summed E-state index contributed by atoms with van der Waals surface area (Å²) < 4.78 is 42.6. The van der Waals surface area contributed by atoms with E-state index in [1.165, 1.54) is 4.90 Å². The Bertz CT molecular complexity index is 398. The predicted molar refractivity (Wildman–Crippen MR) is 80.2 cm³/mol. The number of carbonyl (C=O) groups excluding carboxylic acids is 1. The van der Waals surface area contributed by atoms with E-state index in [4.69, 9.17) is 4.74 Å². The molecule has 0 saturated carbocycles. The van der Waals surface area contributed by atoms with Gasteiger partial charge in [-0.2, -0.15) is 13.2 Å². The SMILES string of the molecule is C[C@@H]1CO[C@@H](C)CN1C(=O)NCC1CCN(CC(F)(F)F)CC1. The van der Waals surface area contributed by atoms with Gasteiger partial charge in [0.1, 0.15) is 0 Å². The van der Waals surface area contributed by atoms with Crippen molar-refractivity contribution in [3.63, 3.8) is 0 Å². The maximum atomic E-state index is 12.4. The summed E-state index contributed by atoms with van der Waals surface area (Å²) in [6.45, 7) is 5.54. The maximum absolute atomic E-state index is 12.4. The quantitative estimate of drug-likeness (QED) is 0.858. The number of carbonyl (C=O) groups is 1. The first-order valence-electron chi connectivity index (χ1n) is 8.20. The van der Waals surface area contributed by atoms with E-state index in [9.17, 15) is 18.0 Å². The van der Waals surface area contributed by atoms with E-state index in [0.29, 0.717) is 45.6 Å². The van der Waals surface area contributed by atoms with Gasteiger partial charge in [0, 0.05) is 13.1 Å². The van der Waals surface area contributed by atoms with Gasteiger partial charge in [-0.1, -0.05) is 0 Å². The molecule has 2 aliphatic heterocycles. The van der Waals surface area contributed by atoms with Crippen LogP contribution in [0.3, 0.4) is 0 Å². The van der Waals surface area contributed by atoms with E-state index in [-0.39, 0.29) is 24.1 Å². The average molecular weight is 337 g/mol. The number of likely N-dealkylation sites (tertiary alicyclic amines) is 1. The molecule has 23 heavy (non-hydrogen) atoms. The van der Waals surface area contributed by atoms with Crippen LogP contribution in [0.1, 0.15) is 26.7 Å². The van der Waals surface area contributed by atoms with Crippen molar-refractivity contribution in [2.24, 2.45) is 5.92 Å². The molecule has 0 aromatic heterocycles. The largest absolute Gasteiger partial charge is 0.401 e. The molecule has 5 nitrogen and oxygen atoms in total. The summed E-state index contributed by atoms with van der Waals surface area (Å²) in [7, 11) is 0. The highest BCUT2D eigenvalue weighted by molar-refractivity contribution is 5.74. The molecule has 2 heterocycles. The molecule has 2 fully saturated rings. The lowest BCUT2D eigenvalue weighted by Gasteiger charge is -2.37. The Morgan fingerprint density at radius 2 is 1.91 bits per heavy atom. The van der Waals surface area contributed by atoms with Crippen molar-refractivity contribution in [2.75, 3.05) is 39.3 Å². The molecule has 8 heteroatoms. The highest BCUT2D eigenvalue weighted by Gasteiger charge is 2.33. The lowest BCUT2D eigenvalue weighted by molar-refractivity contribution is -0.148. The van der Waals surface area contributed by atoms with Crippen molar-refractivity contribution in [1.82, 2.24) is 15.1 Å². The van der Waals surface area contributed by atoms with Crippen LogP contribution in [0.25, 0.3) is 0 Å². The minimum absolute atomic E-state index is 0.0301. The predicted octanol–water partition coefficient (Wildman–Crippen LogP) is 2.08. The van der Waals surface area contributed by atoms with E-state index in [1.807, 2.05) is 13.8 Å². The fourth-order valence-corrected chi connectivity index (χ4v) is 3.12. The number of nitrogens with zero attached hydrogens (tertiary/aromatic N) is 2. The second-order valence-corrected chi connectivity index (χ2v) is 6.67. The molecular weight excluding hydrogens is 311 g/mol. The van der Waals surface area contributed by atoms with Crippen LogP contribution in [0.15, 0.2) is 0 Å². The molecule has 0 aliphatic carbocycles. The number of ether oxygens (including phenoxy) is 1. The van der Waals surface area contributed by atoms with E-state index in [1.54, 1.807) is 4.90 Å². The Morgan fingerprint density at radius 3 is 2.52 bits per heavy atom. The van der Waals surface area contributed by atoms with E-state index in [0.717, 1.165) is 0 Å². The topological polar surface area (TPSA) is 44.8 Å². The summed E-state index contributed by atoms with van der Waals surface area (Å²) in [4.78, 5) is 15.5. The van der Waals surface area contributed by atoms with Gasteiger partial charge in [0.2, 0.25) is 0 Å². The van der Waals surface area contributed by atoms with Crippen molar-refractivity contribution in [1.29, 1.82) is 0 Å². The molecule has 0 radical (unpaired) electrons. The summed E-state index contributed by atoms with van der Waals surface area (Å²) in [5.41, 5.74) is 0. The Kier molecular flexibility index (Phi) is 6.13. The van der Waals surface area contributed by atoms with Crippen molar-refractivity contribution in [3.8, 4) is 0 Å². The van der Waals surface area contributed by atoms with Crippen LogP contribution in [-0.4, -0.2) is 73.5 Å². The third kappa shape index (κ3) is 5.84. The number of alkyl halides is 3. The molecule has 2 aliphatic rings. The number of morpholine rings is 1. The van der Waals surface area contributed by atoms with Crippen LogP contribution in [-0.2, 0) is 4.74 Å². The van der Waals surface area contributed by atoms with Crippen LogP contribution >= 0.6 is 0 Å². The molecular formula is C15H26F3N3O2. The third-order valence-electron chi connectivity index (χ3n) is 4.52. The number of hydrogen-bond donors (Lipinski definition) is 1. The number of rotatable bonds is 3. The zero-order chi connectivity index (χ0) is 17.0. The molecule has 0 bridgehead atoms. The number of piperidine rings is 1. The van der Waals surface area contributed by atoms with Crippen molar-refractivity contribution < 1.29 is 22.7 Å². The summed E-state index contributed by atoms with van der Waals surface area (Å²) >= 11 is 0. The zero-order valence-corrected chi connectivity index (χ0v) is 13.7. The van der Waals surface area contributed by atoms with Gasteiger partial charge in [0.05, 0.1) is 25.3 Å². The normalized spacial score (nSPS) is 28.0. The number of halogens is 3. The highest BCUT2D eigenvalue weighted by atomic mass is 19.4. The van der Waals surface area contributed by atoms with Gasteiger partial charge in [-0.05, 0) is 45.7 Å². The summed E-state index contributed by atoms with van der Waals surface area (Å²) in [5.74, 6) is 0.247. The minimum atomic E-state index is -4.13. The van der Waals surface area contributed by atoms with Crippen LogP contribution < -0.4 is 5.32 Å². The molecule has 2 rings (SSSR count). The molecule has 134 valence electrons. The third-order valence-corrected chi connectivity index (χ3v) is 4.52. The lowest BCUT2D eigenvalue weighted by atomic mass is 9.97. The Labute approximate surface area is 135 Å². The van der Waals surface area contributed by atoms with Crippen LogP contribution in [0.2, 0.25) is 0 Å². The molecule has 2 atom stereocenters. The molecule has 2 amide bonds. The standard InChI is InChI=1S/C15H26F3N3O2/c1-11-9-23-12(2)8-21(11)14(22)19-7-13-3-5-20(6-4-13)10-15(16,17)18/h11-13H,3-10H2,1-2H3,(H,19,22)/t11-,12+/m1/s1. The fourth-order valence-electron chi connectivity index (χ4n) is 3.12. The van der Waals surface area contributed by atoms with Gasteiger partial charge in [0.25, 0.3) is 0 Å². The average Bonchev–Trinajstić information content (AvgIpc) is 2.47. The Balaban J connectivity index is 1.69. The molecule has 0 unspecified atom stereocenters. The Morgan fingerprint density at radius 1 is 1.26 bits per heavy atom. The second kappa shape index (κ2) is 7.70. The number of urea groups is 1. The second-order valence-electron chi connectivity index (χ2n) is 6.67. The Hall–Kier alpha value is -1.02. The number of hydrogen-bond acceptors (Lipinski definition) is 3. The molecule has 0 aromatic carbocycles. The van der Waals surface area contributed by atoms with Gasteiger partial charge >= 0.3 is 12.2 Å². The van der Waals surface area contributed by atoms with Crippen molar-refractivity contribution >= 4 is 6.03 Å². The van der Waals surface area contributed by atoms with Gasteiger partial charge in [-0.25, -0.2) is 4.79 Å². The van der Waals surface area contributed by atoms with Gasteiger partial charge in [-0.15, -0.1) is 0 Å². The lowest BCUT2D eigenvalue weighted by Crippen LogP contribution is -2.54. The zero-order valence-electron chi connectivity index (χ0n) is 13.7. The fraction of sp³-hybridized carbons (Fsp3) is 0.933. The summed E-state index contributed by atoms with van der Waals surface area (Å²) in [6.07, 6.45) is -2.73. The monoisotopic (exact) mass is 337 g/mol. The maximum Gasteiger partial charge on any atom is 0.401 e. The number of nitrogens with one attached hydrogen (secondary N) is 1. The highest BCUT2D eigenvalue weighted by Crippen LogP contribution is 2.22. The first-order valence-corrected chi connectivity index (χ1v) is 8.20. The smallest absolute Gasteiger partial charge is 0.375 e. The van der Waals surface area contributed by atoms with Crippen molar-refractivity contribution in [3.05, 3.63) is 0 Å². The van der Waals surface area contributed by atoms with Crippen LogP contribution in [0.4, 0.5) is 18.0 Å². The van der Waals surface area contributed by atoms with E-state index in [2.05, 4.69) is 5.32 Å². The summed E-state index contributed by atoms with van der Waals surface area (Å²) in [5, 5.41) is 2.93. The molecule has 0 aromatic rings. The molecule has 0 spiro atoms. The van der Waals surface area contributed by atoms with Crippen molar-refractivity contribution in [2.45, 2.75) is 45.0 Å². The van der Waals surface area contributed by atoms with Gasteiger partial charge in [-0.3, -0.25) is 4.90 Å². The van der Waals surface area contributed by atoms with Gasteiger partial charge in [0.15, 0.2) is 0 Å². The van der Waals surface area contributed by atoms with Crippen LogP contribution in [0.5, 0.6) is 0 Å². The van der Waals surface area contributed by atoms with Gasteiger partial charge < -0.3 is 15.0 Å². The minimum Gasteiger partial charge on any atom is -0.375 e. The first kappa shape index (κ1) is 18.3. The van der Waals surface area contributed by atoms with E-state index < -0.39 is 12.7 Å². The van der Waals surface area contributed by atoms with Crippen LogP contribution in [0, 0.1) is 5.92 Å².